The lowest BCUT2D eigenvalue weighted by atomic mass is 10.2. The average molecular weight is 465 g/mol. The molecule has 0 saturated carbocycles. The molecule has 3 aromatic rings. The highest BCUT2D eigenvalue weighted by atomic mass is 32.2. The van der Waals surface area contributed by atoms with E-state index in [1.165, 1.54) is 17.3 Å². The summed E-state index contributed by atoms with van der Waals surface area (Å²) in [4.78, 5) is 35.3. The summed E-state index contributed by atoms with van der Waals surface area (Å²) in [6, 6.07) is 15.5. The minimum atomic E-state index is -0.0379. The van der Waals surface area contributed by atoms with Crippen LogP contribution in [0.5, 0.6) is 0 Å². The molecule has 3 heterocycles. The van der Waals surface area contributed by atoms with Crippen LogP contribution >= 0.6 is 11.8 Å². The molecule has 0 unspecified atom stereocenters. The van der Waals surface area contributed by atoms with Gasteiger partial charge in [0.2, 0.25) is 5.91 Å². The van der Waals surface area contributed by atoms with Crippen molar-refractivity contribution in [3.63, 3.8) is 0 Å². The van der Waals surface area contributed by atoms with Crippen molar-refractivity contribution < 1.29 is 9.53 Å². The molecule has 0 spiro atoms. The van der Waals surface area contributed by atoms with Gasteiger partial charge in [0, 0.05) is 38.4 Å². The maximum atomic E-state index is 13.3. The highest BCUT2D eigenvalue weighted by Crippen LogP contribution is 2.29. The predicted molar refractivity (Wildman–Crippen MR) is 131 cm³/mol. The van der Waals surface area contributed by atoms with Crippen LogP contribution in [0.4, 0.5) is 5.69 Å². The number of carbonyl (C=O) groups is 1. The first-order valence-electron chi connectivity index (χ1n) is 11.5. The summed E-state index contributed by atoms with van der Waals surface area (Å²) >= 11 is 1.36. The molecule has 2 aliphatic heterocycles. The van der Waals surface area contributed by atoms with E-state index >= 15 is 0 Å². The van der Waals surface area contributed by atoms with Crippen molar-refractivity contribution in [2.24, 2.45) is 0 Å². The van der Waals surface area contributed by atoms with Gasteiger partial charge in [0.25, 0.3) is 5.56 Å². The number of aromatic nitrogens is 2. The molecule has 172 valence electrons. The van der Waals surface area contributed by atoms with Gasteiger partial charge in [0.15, 0.2) is 5.16 Å². The number of anilines is 1. The van der Waals surface area contributed by atoms with E-state index in [2.05, 4.69) is 11.0 Å². The number of rotatable bonds is 7. The highest BCUT2D eigenvalue weighted by Gasteiger charge is 2.24. The van der Waals surface area contributed by atoms with Gasteiger partial charge >= 0.3 is 0 Å². The second kappa shape index (κ2) is 10.1. The Labute approximate surface area is 197 Å². The quantitative estimate of drug-likeness (QED) is 0.396. The molecule has 2 aliphatic rings. The number of fused-ring (bicyclic) bond motifs is 2. The van der Waals surface area contributed by atoms with Gasteiger partial charge in [-0.25, -0.2) is 4.98 Å². The Bertz CT molecular complexity index is 1210. The summed E-state index contributed by atoms with van der Waals surface area (Å²) in [6.45, 7) is 5.58. The predicted octanol–water partition coefficient (Wildman–Crippen LogP) is 2.80. The van der Waals surface area contributed by atoms with E-state index in [4.69, 9.17) is 9.72 Å². The third kappa shape index (κ3) is 4.83. The monoisotopic (exact) mass is 464 g/mol. The van der Waals surface area contributed by atoms with E-state index in [9.17, 15) is 9.59 Å². The summed E-state index contributed by atoms with van der Waals surface area (Å²) in [5.74, 6) is 0.301. The van der Waals surface area contributed by atoms with Crippen LogP contribution in [0.2, 0.25) is 0 Å². The Kier molecular flexibility index (Phi) is 6.75. The van der Waals surface area contributed by atoms with Crippen LogP contribution in [-0.4, -0.2) is 65.5 Å². The van der Waals surface area contributed by atoms with E-state index in [0.29, 0.717) is 29.1 Å². The van der Waals surface area contributed by atoms with Gasteiger partial charge in [-0.05, 0) is 36.6 Å². The number of nitrogens with zero attached hydrogens (tertiary/aromatic N) is 4. The molecule has 0 radical (unpaired) electrons. The van der Waals surface area contributed by atoms with E-state index in [1.54, 1.807) is 4.57 Å². The standard InChI is InChI=1S/C25H28N4O3S/c30-23(28-13-10-19-6-1-4-9-22(19)28)18-33-25-26-21-8-3-2-7-20(21)24(31)29(25)12-5-11-27-14-16-32-17-15-27/h1-4,6-9H,5,10-18H2. The van der Waals surface area contributed by atoms with Crippen molar-refractivity contribution in [2.75, 3.05) is 50.0 Å². The van der Waals surface area contributed by atoms with Gasteiger partial charge in [-0.15, -0.1) is 0 Å². The Morgan fingerprint density at radius 2 is 1.79 bits per heavy atom. The first-order chi connectivity index (χ1) is 16.2. The third-order valence-electron chi connectivity index (χ3n) is 6.30. The van der Waals surface area contributed by atoms with Crippen molar-refractivity contribution in [3.05, 3.63) is 64.4 Å². The van der Waals surface area contributed by atoms with Crippen molar-refractivity contribution in [1.29, 1.82) is 0 Å². The zero-order valence-corrected chi connectivity index (χ0v) is 19.4. The number of ether oxygens (including phenoxy) is 1. The molecule has 5 rings (SSSR count). The molecule has 0 bridgehead atoms. The molecule has 1 saturated heterocycles. The third-order valence-corrected chi connectivity index (χ3v) is 7.26. The van der Waals surface area contributed by atoms with Crippen LogP contribution < -0.4 is 10.5 Å². The van der Waals surface area contributed by atoms with E-state index < -0.39 is 0 Å². The molecule has 1 amide bonds. The maximum Gasteiger partial charge on any atom is 0.262 e. The molecule has 2 aromatic carbocycles. The van der Waals surface area contributed by atoms with Gasteiger partial charge in [-0.1, -0.05) is 42.1 Å². The summed E-state index contributed by atoms with van der Waals surface area (Å²) in [5.41, 5.74) is 2.84. The molecule has 0 aliphatic carbocycles. The highest BCUT2D eigenvalue weighted by molar-refractivity contribution is 7.99. The minimum absolute atomic E-state index is 0.0379. The van der Waals surface area contributed by atoms with Crippen LogP contribution in [0, 0.1) is 0 Å². The van der Waals surface area contributed by atoms with Crippen LogP contribution in [0.3, 0.4) is 0 Å². The molecule has 1 fully saturated rings. The second-order valence-electron chi connectivity index (χ2n) is 8.39. The Morgan fingerprint density at radius 3 is 2.67 bits per heavy atom. The van der Waals surface area contributed by atoms with Gasteiger partial charge in [0.05, 0.1) is 29.9 Å². The average Bonchev–Trinajstić information content (AvgIpc) is 3.29. The van der Waals surface area contributed by atoms with Crippen molar-refractivity contribution in [2.45, 2.75) is 24.5 Å². The van der Waals surface area contributed by atoms with Crippen LogP contribution in [0.1, 0.15) is 12.0 Å². The Morgan fingerprint density at radius 1 is 1.00 bits per heavy atom. The molecule has 7 nitrogen and oxygen atoms in total. The fourth-order valence-electron chi connectivity index (χ4n) is 4.53. The number of morpholine rings is 1. The summed E-state index contributed by atoms with van der Waals surface area (Å²) in [5, 5.41) is 1.23. The maximum absolute atomic E-state index is 13.3. The molecule has 0 N–H and O–H groups in total. The molecular formula is C25H28N4O3S. The lowest BCUT2D eigenvalue weighted by Gasteiger charge is -2.26. The molecule has 0 atom stereocenters. The minimum Gasteiger partial charge on any atom is -0.379 e. The number of amides is 1. The summed E-state index contributed by atoms with van der Waals surface area (Å²) in [7, 11) is 0. The van der Waals surface area contributed by atoms with Gasteiger partial charge < -0.3 is 9.64 Å². The topological polar surface area (TPSA) is 67.7 Å². The van der Waals surface area contributed by atoms with Crippen LogP contribution in [-0.2, 0) is 22.5 Å². The molecular weight excluding hydrogens is 436 g/mol. The van der Waals surface area contributed by atoms with E-state index in [0.717, 1.165) is 51.4 Å². The summed E-state index contributed by atoms with van der Waals surface area (Å²) < 4.78 is 7.17. The summed E-state index contributed by atoms with van der Waals surface area (Å²) in [6.07, 6.45) is 1.73. The number of carbonyl (C=O) groups excluding carboxylic acids is 1. The molecule has 8 heteroatoms. The van der Waals surface area contributed by atoms with Gasteiger partial charge in [-0.3, -0.25) is 19.1 Å². The lowest BCUT2D eigenvalue weighted by molar-refractivity contribution is -0.116. The molecule has 1 aromatic heterocycles. The largest absolute Gasteiger partial charge is 0.379 e. The number of hydrogen-bond acceptors (Lipinski definition) is 6. The lowest BCUT2D eigenvalue weighted by Crippen LogP contribution is -2.37. The van der Waals surface area contributed by atoms with Crippen LogP contribution in [0.15, 0.2) is 58.5 Å². The van der Waals surface area contributed by atoms with Gasteiger partial charge in [-0.2, -0.15) is 0 Å². The van der Waals surface area contributed by atoms with Crippen molar-refractivity contribution >= 4 is 34.3 Å². The zero-order valence-electron chi connectivity index (χ0n) is 18.6. The number of para-hydroxylation sites is 2. The van der Waals surface area contributed by atoms with Gasteiger partial charge in [0.1, 0.15) is 0 Å². The molecule has 33 heavy (non-hydrogen) atoms. The SMILES string of the molecule is O=C(CSc1nc2ccccc2c(=O)n1CCCN1CCOCC1)N1CCc2ccccc21. The van der Waals surface area contributed by atoms with Crippen molar-refractivity contribution in [1.82, 2.24) is 14.5 Å². The van der Waals surface area contributed by atoms with E-state index in [-0.39, 0.29) is 17.2 Å². The van der Waals surface area contributed by atoms with Crippen LogP contribution in [0.25, 0.3) is 10.9 Å². The smallest absolute Gasteiger partial charge is 0.262 e. The number of hydrogen-bond donors (Lipinski definition) is 0. The number of thioether (sulfide) groups is 1. The first kappa shape index (κ1) is 22.1. The fraction of sp³-hybridized carbons (Fsp3) is 0.400. The fourth-order valence-corrected chi connectivity index (χ4v) is 5.44. The van der Waals surface area contributed by atoms with Crippen molar-refractivity contribution in [3.8, 4) is 0 Å². The normalized spacial score (nSPS) is 16.3. The Hall–Kier alpha value is -2.68. The Balaban J connectivity index is 1.33. The second-order valence-corrected chi connectivity index (χ2v) is 9.33. The number of benzene rings is 2. The first-order valence-corrected chi connectivity index (χ1v) is 12.5. The zero-order chi connectivity index (χ0) is 22.6. The van der Waals surface area contributed by atoms with E-state index in [1.807, 2.05) is 47.4 Å².